The fourth-order valence-electron chi connectivity index (χ4n) is 2.25. The Balaban J connectivity index is 1.60. The van der Waals surface area contributed by atoms with Crippen molar-refractivity contribution in [3.8, 4) is 17.1 Å². The van der Waals surface area contributed by atoms with E-state index in [0.29, 0.717) is 11.6 Å². The van der Waals surface area contributed by atoms with Crippen LogP contribution >= 0.6 is 0 Å². The van der Waals surface area contributed by atoms with Gasteiger partial charge in [-0.3, -0.25) is 4.79 Å². The maximum absolute atomic E-state index is 13.5. The van der Waals surface area contributed by atoms with Gasteiger partial charge in [0, 0.05) is 18.4 Å². The van der Waals surface area contributed by atoms with Gasteiger partial charge in [0.1, 0.15) is 23.1 Å². The summed E-state index contributed by atoms with van der Waals surface area (Å²) >= 11 is 0. The normalized spacial score (nSPS) is 10.6. The van der Waals surface area contributed by atoms with Crippen LogP contribution in [0.3, 0.4) is 0 Å². The quantitative estimate of drug-likeness (QED) is 0.728. The van der Waals surface area contributed by atoms with E-state index in [2.05, 4.69) is 15.5 Å². The molecule has 0 saturated carbocycles. The lowest BCUT2D eigenvalue weighted by Gasteiger charge is -2.06. The zero-order valence-electron chi connectivity index (χ0n) is 13.8. The SMILES string of the molecule is COc1ccc(-c2noc(CCC(=O)Nc3c(F)cccc3F)n2)cc1. The number of para-hydroxylation sites is 1. The maximum Gasteiger partial charge on any atom is 0.227 e. The first-order chi connectivity index (χ1) is 12.6. The number of aryl methyl sites for hydroxylation is 1. The van der Waals surface area contributed by atoms with Crippen LogP contribution in [0.25, 0.3) is 11.4 Å². The third kappa shape index (κ3) is 4.02. The van der Waals surface area contributed by atoms with Crippen LogP contribution in [0, 0.1) is 11.6 Å². The van der Waals surface area contributed by atoms with E-state index in [0.717, 1.165) is 17.7 Å². The monoisotopic (exact) mass is 359 g/mol. The molecule has 3 rings (SSSR count). The topological polar surface area (TPSA) is 77.2 Å². The molecule has 134 valence electrons. The molecule has 0 saturated heterocycles. The predicted molar refractivity (Wildman–Crippen MR) is 89.6 cm³/mol. The van der Waals surface area contributed by atoms with Crippen molar-refractivity contribution in [3.63, 3.8) is 0 Å². The average molecular weight is 359 g/mol. The van der Waals surface area contributed by atoms with Crippen LogP contribution in [0.5, 0.6) is 5.75 Å². The van der Waals surface area contributed by atoms with Gasteiger partial charge in [-0.25, -0.2) is 8.78 Å². The minimum Gasteiger partial charge on any atom is -0.497 e. The lowest BCUT2D eigenvalue weighted by molar-refractivity contribution is -0.116. The predicted octanol–water partition coefficient (Wildman–Crippen LogP) is 3.59. The number of ether oxygens (including phenoxy) is 1. The van der Waals surface area contributed by atoms with Crippen LogP contribution in [0.2, 0.25) is 0 Å². The molecule has 0 radical (unpaired) electrons. The zero-order valence-corrected chi connectivity index (χ0v) is 13.8. The molecule has 8 heteroatoms. The average Bonchev–Trinajstić information content (AvgIpc) is 3.12. The number of anilines is 1. The van der Waals surface area contributed by atoms with Crippen LogP contribution in [0.4, 0.5) is 14.5 Å². The van der Waals surface area contributed by atoms with Crippen LogP contribution in [0.1, 0.15) is 12.3 Å². The number of rotatable bonds is 6. The molecule has 2 aromatic carbocycles. The number of carbonyl (C=O) groups is 1. The summed E-state index contributed by atoms with van der Waals surface area (Å²) in [6, 6.07) is 10.4. The second-order valence-electron chi connectivity index (χ2n) is 5.39. The van der Waals surface area contributed by atoms with Crippen LogP contribution in [0.15, 0.2) is 47.0 Å². The van der Waals surface area contributed by atoms with Crippen molar-refractivity contribution in [2.45, 2.75) is 12.8 Å². The number of aromatic nitrogens is 2. The lowest BCUT2D eigenvalue weighted by Crippen LogP contribution is -2.14. The van der Waals surface area contributed by atoms with Crippen molar-refractivity contribution in [3.05, 3.63) is 60.0 Å². The molecular weight excluding hydrogens is 344 g/mol. The highest BCUT2D eigenvalue weighted by atomic mass is 19.1. The highest BCUT2D eigenvalue weighted by molar-refractivity contribution is 5.91. The van der Waals surface area contributed by atoms with E-state index in [1.54, 1.807) is 31.4 Å². The number of hydrogen-bond acceptors (Lipinski definition) is 5. The number of carbonyl (C=O) groups excluding carboxylic acids is 1. The summed E-state index contributed by atoms with van der Waals surface area (Å²) in [6.45, 7) is 0. The maximum atomic E-state index is 13.5. The number of amides is 1. The molecule has 1 N–H and O–H groups in total. The van der Waals surface area contributed by atoms with Gasteiger partial charge in [0.15, 0.2) is 0 Å². The Labute approximate surface area is 147 Å². The minimum absolute atomic E-state index is 0.0575. The van der Waals surface area contributed by atoms with E-state index in [-0.39, 0.29) is 18.7 Å². The molecule has 1 amide bonds. The molecule has 0 aliphatic carbocycles. The fraction of sp³-hybridized carbons (Fsp3) is 0.167. The highest BCUT2D eigenvalue weighted by Crippen LogP contribution is 2.21. The molecule has 0 atom stereocenters. The van der Waals surface area contributed by atoms with Crippen molar-refractivity contribution in [1.82, 2.24) is 10.1 Å². The Hall–Kier alpha value is -3.29. The number of methoxy groups -OCH3 is 1. The third-order valence-corrected chi connectivity index (χ3v) is 3.61. The van der Waals surface area contributed by atoms with Crippen LogP contribution in [-0.4, -0.2) is 23.2 Å². The molecule has 1 heterocycles. The van der Waals surface area contributed by atoms with Gasteiger partial charge in [-0.05, 0) is 36.4 Å². The van der Waals surface area contributed by atoms with Gasteiger partial charge in [0.25, 0.3) is 0 Å². The van der Waals surface area contributed by atoms with Crippen molar-refractivity contribution in [2.24, 2.45) is 0 Å². The molecule has 26 heavy (non-hydrogen) atoms. The Bertz CT molecular complexity index is 890. The first-order valence-corrected chi connectivity index (χ1v) is 7.77. The van der Waals surface area contributed by atoms with Crippen LogP contribution in [-0.2, 0) is 11.2 Å². The number of nitrogens with one attached hydrogen (secondary N) is 1. The van der Waals surface area contributed by atoms with Crippen molar-refractivity contribution in [1.29, 1.82) is 0 Å². The van der Waals surface area contributed by atoms with E-state index < -0.39 is 23.2 Å². The van der Waals surface area contributed by atoms with Crippen molar-refractivity contribution >= 4 is 11.6 Å². The van der Waals surface area contributed by atoms with Gasteiger partial charge in [0.05, 0.1) is 7.11 Å². The summed E-state index contributed by atoms with van der Waals surface area (Å²) in [6.07, 6.45) is 0.0864. The molecule has 3 aromatic rings. The fourth-order valence-corrected chi connectivity index (χ4v) is 2.25. The Morgan fingerprint density at radius 3 is 2.50 bits per heavy atom. The molecule has 0 aliphatic rings. The van der Waals surface area contributed by atoms with E-state index in [1.165, 1.54) is 6.07 Å². The standard InChI is InChI=1S/C18H15F2N3O3/c1-25-12-7-5-11(6-8-12)18-22-16(26-23-18)10-9-15(24)21-17-13(19)3-2-4-14(17)20/h2-8H,9-10H2,1H3,(H,21,24). The van der Waals surface area contributed by atoms with E-state index >= 15 is 0 Å². The smallest absolute Gasteiger partial charge is 0.227 e. The first-order valence-electron chi connectivity index (χ1n) is 7.77. The second kappa shape index (κ2) is 7.73. The zero-order chi connectivity index (χ0) is 18.5. The van der Waals surface area contributed by atoms with Gasteiger partial charge in [0.2, 0.25) is 17.6 Å². The number of nitrogens with zero attached hydrogens (tertiary/aromatic N) is 2. The Morgan fingerprint density at radius 2 is 1.85 bits per heavy atom. The van der Waals surface area contributed by atoms with Gasteiger partial charge in [-0.2, -0.15) is 4.98 Å². The molecule has 0 fully saturated rings. The molecular formula is C18H15F2N3O3. The Morgan fingerprint density at radius 1 is 1.15 bits per heavy atom. The minimum atomic E-state index is -0.835. The highest BCUT2D eigenvalue weighted by Gasteiger charge is 2.14. The molecule has 0 unspecified atom stereocenters. The molecule has 6 nitrogen and oxygen atoms in total. The van der Waals surface area contributed by atoms with Gasteiger partial charge < -0.3 is 14.6 Å². The summed E-state index contributed by atoms with van der Waals surface area (Å²) in [5.74, 6) is -0.897. The molecule has 0 bridgehead atoms. The van der Waals surface area contributed by atoms with Crippen LogP contribution < -0.4 is 10.1 Å². The van der Waals surface area contributed by atoms with Gasteiger partial charge >= 0.3 is 0 Å². The summed E-state index contributed by atoms with van der Waals surface area (Å²) < 4.78 is 37.2. The van der Waals surface area contributed by atoms with Gasteiger partial charge in [-0.1, -0.05) is 11.2 Å². The van der Waals surface area contributed by atoms with Gasteiger partial charge in [-0.15, -0.1) is 0 Å². The third-order valence-electron chi connectivity index (χ3n) is 3.61. The number of hydrogen-bond donors (Lipinski definition) is 1. The molecule has 0 aliphatic heterocycles. The van der Waals surface area contributed by atoms with E-state index in [1.807, 2.05) is 0 Å². The van der Waals surface area contributed by atoms with Crippen molar-refractivity contribution in [2.75, 3.05) is 12.4 Å². The van der Waals surface area contributed by atoms with Crippen molar-refractivity contribution < 1.29 is 22.8 Å². The summed E-state index contributed by atoms with van der Waals surface area (Å²) in [7, 11) is 1.57. The second-order valence-corrected chi connectivity index (χ2v) is 5.39. The number of halogens is 2. The Kier molecular flexibility index (Phi) is 5.21. The molecule has 0 spiro atoms. The summed E-state index contributed by atoms with van der Waals surface area (Å²) in [4.78, 5) is 16.1. The summed E-state index contributed by atoms with van der Waals surface area (Å²) in [5, 5.41) is 6.06. The molecule has 1 aromatic heterocycles. The number of benzene rings is 2. The van der Waals surface area contributed by atoms with E-state index in [9.17, 15) is 13.6 Å². The largest absolute Gasteiger partial charge is 0.497 e. The van der Waals surface area contributed by atoms with E-state index in [4.69, 9.17) is 9.26 Å². The first kappa shape index (κ1) is 17.5. The summed E-state index contributed by atoms with van der Waals surface area (Å²) in [5.41, 5.74) is 0.264. The lowest BCUT2D eigenvalue weighted by atomic mass is 10.2.